The van der Waals surface area contributed by atoms with Crippen molar-refractivity contribution in [2.24, 2.45) is 7.05 Å². The zero-order valence-electron chi connectivity index (χ0n) is 11.3. The maximum absolute atomic E-state index is 13.4. The first-order valence-corrected chi connectivity index (χ1v) is 6.20. The van der Waals surface area contributed by atoms with Gasteiger partial charge < -0.3 is 5.32 Å². The van der Waals surface area contributed by atoms with Gasteiger partial charge in [-0.1, -0.05) is 6.07 Å². The number of nitrogens with one attached hydrogen (secondary N) is 1. The van der Waals surface area contributed by atoms with Crippen LogP contribution in [0.4, 0.5) is 8.78 Å². The summed E-state index contributed by atoms with van der Waals surface area (Å²) in [5, 5.41) is 6.69. The molecule has 20 heavy (non-hydrogen) atoms. The van der Waals surface area contributed by atoms with Crippen molar-refractivity contribution in [2.75, 3.05) is 6.54 Å². The average Bonchev–Trinajstić information content (AvgIpc) is 2.72. The number of aromatic nitrogens is 2. The van der Waals surface area contributed by atoms with E-state index in [4.69, 9.17) is 0 Å². The van der Waals surface area contributed by atoms with Gasteiger partial charge in [0.05, 0.1) is 5.69 Å². The summed E-state index contributed by atoms with van der Waals surface area (Å²) in [5.74, 6) is -1.52. The second-order valence-electron chi connectivity index (χ2n) is 4.50. The third kappa shape index (κ3) is 3.01. The Kier molecular flexibility index (Phi) is 4.12. The molecule has 1 N–H and O–H groups in total. The van der Waals surface area contributed by atoms with E-state index in [-0.39, 0.29) is 24.4 Å². The number of carbonyl (C=O) groups is 1. The molecule has 0 aliphatic rings. The fourth-order valence-electron chi connectivity index (χ4n) is 1.99. The van der Waals surface area contributed by atoms with E-state index in [2.05, 4.69) is 10.4 Å². The molecule has 1 heterocycles. The van der Waals surface area contributed by atoms with Gasteiger partial charge in [0.25, 0.3) is 5.91 Å². The van der Waals surface area contributed by atoms with Gasteiger partial charge in [-0.3, -0.25) is 9.48 Å². The van der Waals surface area contributed by atoms with Crippen molar-refractivity contribution in [2.45, 2.75) is 13.3 Å². The van der Waals surface area contributed by atoms with E-state index in [0.717, 1.165) is 5.69 Å². The molecule has 0 saturated carbocycles. The highest BCUT2D eigenvalue weighted by Gasteiger charge is 2.12. The van der Waals surface area contributed by atoms with Crippen LogP contribution >= 0.6 is 0 Å². The van der Waals surface area contributed by atoms with Gasteiger partial charge >= 0.3 is 0 Å². The van der Waals surface area contributed by atoms with Crippen molar-refractivity contribution in [3.05, 3.63) is 52.9 Å². The zero-order valence-corrected chi connectivity index (χ0v) is 11.3. The van der Waals surface area contributed by atoms with Gasteiger partial charge in [-0.05, 0) is 31.5 Å². The Balaban J connectivity index is 1.96. The highest BCUT2D eigenvalue weighted by Crippen LogP contribution is 2.12. The second kappa shape index (κ2) is 5.81. The molecule has 0 spiro atoms. The minimum absolute atomic E-state index is 0.0195. The fraction of sp³-hybridized carbons (Fsp3) is 0.286. The number of nitrogens with zero attached hydrogens (tertiary/aromatic N) is 2. The molecule has 0 atom stereocenters. The monoisotopic (exact) mass is 279 g/mol. The highest BCUT2D eigenvalue weighted by molar-refractivity contribution is 5.92. The van der Waals surface area contributed by atoms with Gasteiger partial charge in [-0.2, -0.15) is 5.10 Å². The van der Waals surface area contributed by atoms with Gasteiger partial charge in [0.1, 0.15) is 17.3 Å². The molecule has 0 aliphatic carbocycles. The summed E-state index contributed by atoms with van der Waals surface area (Å²) in [6.07, 6.45) is 0.0983. The van der Waals surface area contributed by atoms with E-state index in [1.807, 2.05) is 0 Å². The molecule has 0 saturated heterocycles. The van der Waals surface area contributed by atoms with E-state index in [0.29, 0.717) is 5.69 Å². The van der Waals surface area contributed by atoms with E-state index < -0.39 is 11.6 Å². The van der Waals surface area contributed by atoms with Gasteiger partial charge in [0.15, 0.2) is 0 Å². The molecular weight excluding hydrogens is 264 g/mol. The first-order chi connectivity index (χ1) is 9.49. The van der Waals surface area contributed by atoms with E-state index in [1.54, 1.807) is 20.0 Å². The molecule has 2 rings (SSSR count). The summed E-state index contributed by atoms with van der Waals surface area (Å²) < 4.78 is 28.3. The Labute approximate surface area is 115 Å². The highest BCUT2D eigenvalue weighted by atomic mass is 19.1. The lowest BCUT2D eigenvalue weighted by molar-refractivity contribution is 0.0944. The van der Waals surface area contributed by atoms with Crippen LogP contribution < -0.4 is 5.32 Å². The predicted molar refractivity (Wildman–Crippen MR) is 70.3 cm³/mol. The number of carbonyl (C=O) groups excluding carboxylic acids is 1. The molecule has 0 fully saturated rings. The molecule has 0 unspecified atom stereocenters. The topological polar surface area (TPSA) is 46.9 Å². The lowest BCUT2D eigenvalue weighted by Gasteiger charge is -2.07. The maximum Gasteiger partial charge on any atom is 0.269 e. The standard InChI is InChI=1S/C14H15F2N3O/c1-9-8-13(19(2)18-9)14(20)17-7-6-10-11(15)4-3-5-12(10)16/h3-5,8H,6-7H2,1-2H3,(H,17,20). The predicted octanol–water partition coefficient (Wildman–Crippen LogP) is 1.98. The van der Waals surface area contributed by atoms with E-state index >= 15 is 0 Å². The number of aryl methyl sites for hydroxylation is 2. The minimum atomic E-state index is -0.601. The van der Waals surface area contributed by atoms with Gasteiger partial charge in [-0.15, -0.1) is 0 Å². The van der Waals surface area contributed by atoms with Gasteiger partial charge in [-0.25, -0.2) is 8.78 Å². The Morgan fingerprint density at radius 2 is 2.00 bits per heavy atom. The van der Waals surface area contributed by atoms with Crippen LogP contribution in [-0.2, 0) is 13.5 Å². The normalized spacial score (nSPS) is 10.6. The van der Waals surface area contributed by atoms with Crippen molar-refractivity contribution >= 4 is 5.91 Å². The Morgan fingerprint density at radius 1 is 1.35 bits per heavy atom. The number of amides is 1. The molecule has 0 aliphatic heterocycles. The van der Waals surface area contributed by atoms with Crippen molar-refractivity contribution in [1.82, 2.24) is 15.1 Å². The van der Waals surface area contributed by atoms with Gasteiger partial charge in [0, 0.05) is 19.2 Å². The number of hydrogen-bond donors (Lipinski definition) is 1. The minimum Gasteiger partial charge on any atom is -0.350 e. The SMILES string of the molecule is Cc1cc(C(=O)NCCc2c(F)cccc2F)n(C)n1. The number of benzene rings is 1. The molecule has 1 aromatic carbocycles. The molecule has 0 radical (unpaired) electrons. The summed E-state index contributed by atoms with van der Waals surface area (Å²) in [4.78, 5) is 11.9. The van der Waals surface area contributed by atoms with Crippen LogP contribution in [0.2, 0.25) is 0 Å². The molecule has 6 heteroatoms. The summed E-state index contributed by atoms with van der Waals surface area (Å²) in [6.45, 7) is 1.94. The molecule has 1 amide bonds. The average molecular weight is 279 g/mol. The summed E-state index contributed by atoms with van der Waals surface area (Å²) in [5.41, 5.74) is 1.13. The van der Waals surface area contributed by atoms with Crippen molar-refractivity contribution in [1.29, 1.82) is 0 Å². The lowest BCUT2D eigenvalue weighted by Crippen LogP contribution is -2.28. The lowest BCUT2D eigenvalue weighted by atomic mass is 10.1. The number of hydrogen-bond acceptors (Lipinski definition) is 2. The maximum atomic E-state index is 13.4. The quantitative estimate of drug-likeness (QED) is 0.930. The molecule has 106 valence electrons. The van der Waals surface area contributed by atoms with Crippen molar-refractivity contribution in [3.63, 3.8) is 0 Å². The van der Waals surface area contributed by atoms with E-state index in [1.165, 1.54) is 22.9 Å². The largest absolute Gasteiger partial charge is 0.350 e. The van der Waals surface area contributed by atoms with Crippen LogP contribution in [0.3, 0.4) is 0 Å². The van der Waals surface area contributed by atoms with Crippen LogP contribution in [0.25, 0.3) is 0 Å². The fourth-order valence-corrected chi connectivity index (χ4v) is 1.99. The second-order valence-corrected chi connectivity index (χ2v) is 4.50. The summed E-state index contributed by atoms with van der Waals surface area (Å²) >= 11 is 0. The Morgan fingerprint density at radius 3 is 2.55 bits per heavy atom. The first kappa shape index (κ1) is 14.2. The third-order valence-corrected chi connectivity index (χ3v) is 2.96. The van der Waals surface area contributed by atoms with Crippen LogP contribution in [0.1, 0.15) is 21.7 Å². The first-order valence-electron chi connectivity index (χ1n) is 6.20. The van der Waals surface area contributed by atoms with Crippen LogP contribution in [0.5, 0.6) is 0 Å². The smallest absolute Gasteiger partial charge is 0.269 e. The van der Waals surface area contributed by atoms with Crippen molar-refractivity contribution in [3.8, 4) is 0 Å². The van der Waals surface area contributed by atoms with Crippen molar-refractivity contribution < 1.29 is 13.6 Å². The van der Waals surface area contributed by atoms with E-state index in [9.17, 15) is 13.6 Å². The van der Waals surface area contributed by atoms with Crippen LogP contribution in [-0.4, -0.2) is 22.2 Å². The van der Waals surface area contributed by atoms with Crippen LogP contribution in [0, 0.1) is 18.6 Å². The molecule has 2 aromatic rings. The Hall–Kier alpha value is -2.24. The summed E-state index contributed by atoms with van der Waals surface area (Å²) in [7, 11) is 1.67. The van der Waals surface area contributed by atoms with Crippen LogP contribution in [0.15, 0.2) is 24.3 Å². The number of rotatable bonds is 4. The molecule has 4 nitrogen and oxygen atoms in total. The third-order valence-electron chi connectivity index (χ3n) is 2.96. The van der Waals surface area contributed by atoms with Gasteiger partial charge in [0.2, 0.25) is 0 Å². The molecular formula is C14H15F2N3O. The zero-order chi connectivity index (χ0) is 14.7. The number of halogens is 2. The molecule has 1 aromatic heterocycles. The summed E-state index contributed by atoms with van der Waals surface area (Å²) in [6, 6.07) is 5.36. The molecule has 0 bridgehead atoms. The Bertz CT molecular complexity index is 617.